The maximum atomic E-state index is 12.4. The summed E-state index contributed by atoms with van der Waals surface area (Å²) in [7, 11) is -2.68. The van der Waals surface area contributed by atoms with E-state index in [1.54, 1.807) is 18.2 Å². The third-order valence-corrected chi connectivity index (χ3v) is 5.02. The lowest BCUT2D eigenvalue weighted by Gasteiger charge is -2.07. The summed E-state index contributed by atoms with van der Waals surface area (Å²) in [4.78, 5) is -0.231. The van der Waals surface area contributed by atoms with Crippen LogP contribution in [-0.4, -0.2) is 25.7 Å². The van der Waals surface area contributed by atoms with Gasteiger partial charge < -0.3 is 8.92 Å². The number of hydrogen-bond acceptors (Lipinski definition) is 5. The summed E-state index contributed by atoms with van der Waals surface area (Å²) in [5.41, 5.74) is 0.605. The topological polar surface area (TPSA) is 81.3 Å². The summed E-state index contributed by atoms with van der Waals surface area (Å²) in [5.74, 6) is 0.442. The van der Waals surface area contributed by atoms with E-state index in [9.17, 15) is 8.42 Å². The number of halogens is 2. The van der Waals surface area contributed by atoms with Gasteiger partial charge in [-0.25, -0.2) is 0 Å². The van der Waals surface area contributed by atoms with Crippen molar-refractivity contribution in [2.24, 2.45) is 0 Å². The molecule has 0 spiro atoms. The molecule has 0 atom stereocenters. The largest absolute Gasteiger partial charge is 0.497 e. The molecule has 0 aliphatic heterocycles. The number of aromatic nitrogens is 2. The average Bonchev–Trinajstić information content (AvgIpc) is 2.91. The van der Waals surface area contributed by atoms with Gasteiger partial charge in [0.1, 0.15) is 10.6 Å². The van der Waals surface area contributed by atoms with Crippen LogP contribution in [0.1, 0.15) is 0 Å². The van der Waals surface area contributed by atoms with E-state index >= 15 is 0 Å². The lowest BCUT2D eigenvalue weighted by molar-refractivity contribution is 0.415. The molecule has 0 bridgehead atoms. The highest BCUT2D eigenvalue weighted by molar-refractivity contribution is 7.87. The number of rotatable bonds is 4. The summed E-state index contributed by atoms with van der Waals surface area (Å²) >= 11 is 11.7. The molecule has 0 aliphatic carbocycles. The van der Waals surface area contributed by atoms with E-state index < -0.39 is 10.1 Å². The van der Waals surface area contributed by atoms with Gasteiger partial charge in [-0.1, -0.05) is 23.2 Å². The van der Waals surface area contributed by atoms with Crippen LogP contribution in [0.2, 0.25) is 10.0 Å². The van der Waals surface area contributed by atoms with Crippen LogP contribution in [0, 0.1) is 0 Å². The highest BCUT2D eigenvalue weighted by atomic mass is 35.5. The maximum absolute atomic E-state index is 12.4. The minimum absolute atomic E-state index is 0.00632. The molecule has 6 nitrogen and oxygen atoms in total. The fraction of sp³-hybridized carbons (Fsp3) is 0.0714. The minimum Gasteiger partial charge on any atom is -0.497 e. The zero-order valence-electron chi connectivity index (χ0n) is 11.7. The Labute approximate surface area is 142 Å². The standard InChI is InChI=1S/C14H10Cl2N2O4S/c1-21-9-3-5-12-10(7-9)14(18-17-12)22-23(19,20)13-6-8(15)2-4-11(13)16/h2-7H,1H3,(H,17,18). The fourth-order valence-electron chi connectivity index (χ4n) is 1.98. The Hall–Kier alpha value is -1.96. The van der Waals surface area contributed by atoms with E-state index in [1.807, 2.05) is 0 Å². The lowest BCUT2D eigenvalue weighted by atomic mass is 10.2. The Morgan fingerprint density at radius 3 is 2.65 bits per heavy atom. The molecule has 3 rings (SSSR count). The quantitative estimate of drug-likeness (QED) is 0.706. The lowest BCUT2D eigenvalue weighted by Crippen LogP contribution is -2.10. The minimum atomic E-state index is -4.19. The van der Waals surface area contributed by atoms with Crippen LogP contribution < -0.4 is 8.92 Å². The molecule has 1 aromatic heterocycles. The van der Waals surface area contributed by atoms with Crippen LogP contribution in [0.25, 0.3) is 10.9 Å². The van der Waals surface area contributed by atoms with Gasteiger partial charge in [-0.2, -0.15) is 8.42 Å². The molecular weight excluding hydrogens is 363 g/mol. The van der Waals surface area contributed by atoms with Gasteiger partial charge in [-0.15, -0.1) is 5.10 Å². The van der Waals surface area contributed by atoms with Crippen molar-refractivity contribution in [3.05, 3.63) is 46.4 Å². The van der Waals surface area contributed by atoms with Crippen molar-refractivity contribution >= 4 is 44.2 Å². The number of aromatic amines is 1. The van der Waals surface area contributed by atoms with Crippen LogP contribution in [0.4, 0.5) is 0 Å². The second kappa shape index (κ2) is 5.92. The summed E-state index contributed by atoms with van der Waals surface area (Å²) in [6, 6.07) is 9.11. The fourth-order valence-corrected chi connectivity index (χ4v) is 3.62. The van der Waals surface area contributed by atoms with Gasteiger partial charge in [0.2, 0.25) is 0 Å². The second-order valence-corrected chi connectivity index (χ2v) is 6.91. The van der Waals surface area contributed by atoms with Crippen molar-refractivity contribution < 1.29 is 17.3 Å². The van der Waals surface area contributed by atoms with Gasteiger partial charge in [0.25, 0.3) is 5.88 Å². The van der Waals surface area contributed by atoms with Crippen LogP contribution in [0.15, 0.2) is 41.3 Å². The SMILES string of the molecule is COc1ccc2[nH]nc(OS(=O)(=O)c3cc(Cl)ccc3Cl)c2c1. The first-order chi connectivity index (χ1) is 10.9. The molecule has 0 radical (unpaired) electrons. The molecule has 0 saturated carbocycles. The Kier molecular flexibility index (Phi) is 4.09. The normalized spacial score (nSPS) is 11.6. The van der Waals surface area contributed by atoms with Gasteiger partial charge in [0.05, 0.1) is 23.0 Å². The Morgan fingerprint density at radius 1 is 1.13 bits per heavy atom. The van der Waals surface area contributed by atoms with E-state index in [2.05, 4.69) is 10.2 Å². The number of benzene rings is 2. The van der Waals surface area contributed by atoms with E-state index in [0.717, 1.165) is 0 Å². The molecule has 2 aromatic carbocycles. The van der Waals surface area contributed by atoms with Gasteiger partial charge in [0, 0.05) is 5.02 Å². The van der Waals surface area contributed by atoms with Crippen molar-refractivity contribution in [2.75, 3.05) is 7.11 Å². The van der Waals surface area contributed by atoms with Crippen LogP contribution in [0.3, 0.4) is 0 Å². The van der Waals surface area contributed by atoms with E-state index in [4.69, 9.17) is 32.1 Å². The number of nitrogens with one attached hydrogen (secondary N) is 1. The molecule has 0 aliphatic rings. The zero-order chi connectivity index (χ0) is 16.6. The highest BCUT2D eigenvalue weighted by Gasteiger charge is 2.23. The summed E-state index contributed by atoms with van der Waals surface area (Å²) in [6.07, 6.45) is 0. The van der Waals surface area contributed by atoms with Crippen molar-refractivity contribution in [3.63, 3.8) is 0 Å². The van der Waals surface area contributed by atoms with Gasteiger partial charge in [-0.05, 0) is 36.4 Å². The Balaban J connectivity index is 2.05. The number of ether oxygens (including phenoxy) is 1. The van der Waals surface area contributed by atoms with Crippen molar-refractivity contribution in [1.29, 1.82) is 0 Å². The van der Waals surface area contributed by atoms with E-state index in [-0.39, 0.29) is 20.8 Å². The molecule has 23 heavy (non-hydrogen) atoms. The number of fused-ring (bicyclic) bond motifs is 1. The molecule has 3 aromatic rings. The monoisotopic (exact) mass is 372 g/mol. The molecule has 1 N–H and O–H groups in total. The van der Waals surface area contributed by atoms with Crippen LogP contribution in [-0.2, 0) is 10.1 Å². The van der Waals surface area contributed by atoms with E-state index in [0.29, 0.717) is 16.7 Å². The van der Waals surface area contributed by atoms with Crippen molar-refractivity contribution in [3.8, 4) is 11.6 Å². The van der Waals surface area contributed by atoms with Crippen LogP contribution in [0.5, 0.6) is 11.6 Å². The third kappa shape index (κ3) is 3.08. The molecule has 120 valence electrons. The molecule has 0 fully saturated rings. The molecule has 0 unspecified atom stereocenters. The zero-order valence-corrected chi connectivity index (χ0v) is 14.0. The summed E-state index contributed by atoms with van der Waals surface area (Å²) in [6.45, 7) is 0. The second-order valence-electron chi connectivity index (χ2n) is 4.55. The maximum Gasteiger partial charge on any atom is 0.342 e. The number of methoxy groups -OCH3 is 1. The molecule has 1 heterocycles. The third-order valence-electron chi connectivity index (χ3n) is 3.09. The average molecular weight is 373 g/mol. The smallest absolute Gasteiger partial charge is 0.342 e. The predicted octanol–water partition coefficient (Wildman–Crippen LogP) is 3.65. The predicted molar refractivity (Wildman–Crippen MR) is 86.9 cm³/mol. The Morgan fingerprint density at radius 2 is 1.91 bits per heavy atom. The van der Waals surface area contributed by atoms with Gasteiger partial charge >= 0.3 is 10.1 Å². The first-order valence-electron chi connectivity index (χ1n) is 6.32. The van der Waals surface area contributed by atoms with Gasteiger partial charge in [-0.3, -0.25) is 5.10 Å². The first-order valence-corrected chi connectivity index (χ1v) is 8.49. The molecule has 0 amide bonds. The van der Waals surface area contributed by atoms with E-state index in [1.165, 1.54) is 25.3 Å². The van der Waals surface area contributed by atoms with Crippen molar-refractivity contribution in [1.82, 2.24) is 10.2 Å². The van der Waals surface area contributed by atoms with Crippen LogP contribution >= 0.6 is 23.2 Å². The number of hydrogen-bond donors (Lipinski definition) is 1. The van der Waals surface area contributed by atoms with Crippen molar-refractivity contribution in [2.45, 2.75) is 4.90 Å². The number of H-pyrrole nitrogens is 1. The van der Waals surface area contributed by atoms with Gasteiger partial charge in [0.15, 0.2) is 0 Å². The Bertz CT molecular complexity index is 986. The summed E-state index contributed by atoms with van der Waals surface area (Å²) in [5, 5.41) is 7.26. The molecule has 0 saturated heterocycles. The highest BCUT2D eigenvalue weighted by Crippen LogP contribution is 2.31. The number of nitrogens with zero attached hydrogens (tertiary/aromatic N) is 1. The molecular formula is C14H10Cl2N2O4S. The first kappa shape index (κ1) is 15.9. The molecule has 9 heteroatoms. The summed E-state index contributed by atoms with van der Waals surface area (Å²) < 4.78 is 35.1.